The normalized spacial score (nSPS) is 12.5. The Balaban J connectivity index is 2.57. The first-order valence-corrected chi connectivity index (χ1v) is 3.67. The minimum atomic E-state index is -0.419. The van der Waals surface area contributed by atoms with Gasteiger partial charge in [-0.15, -0.1) is 6.58 Å². The Hall–Kier alpha value is -1.08. The SMILES string of the molecule is C=C[C@H](O)Cc1ccccc1. The third-order valence-electron chi connectivity index (χ3n) is 1.56. The molecule has 1 atom stereocenters. The second kappa shape index (κ2) is 3.94. The standard InChI is InChI=1S/C10H12O/c1-2-10(11)8-9-6-4-3-5-7-9/h2-7,10-11H,1,8H2/t10-/m0/s1. The van der Waals surface area contributed by atoms with Gasteiger partial charge >= 0.3 is 0 Å². The quantitative estimate of drug-likeness (QED) is 0.648. The molecule has 1 nitrogen and oxygen atoms in total. The van der Waals surface area contributed by atoms with E-state index in [0.717, 1.165) is 5.56 Å². The van der Waals surface area contributed by atoms with Crippen LogP contribution in [-0.4, -0.2) is 11.2 Å². The number of aliphatic hydroxyl groups excluding tert-OH is 1. The molecule has 0 unspecified atom stereocenters. The van der Waals surface area contributed by atoms with Gasteiger partial charge in [0.2, 0.25) is 0 Å². The Labute approximate surface area is 67.0 Å². The lowest BCUT2D eigenvalue weighted by atomic mass is 10.1. The Morgan fingerprint density at radius 2 is 2.00 bits per heavy atom. The molecule has 1 aromatic rings. The Morgan fingerprint density at radius 1 is 1.36 bits per heavy atom. The molecule has 0 saturated carbocycles. The first-order valence-electron chi connectivity index (χ1n) is 3.67. The maximum absolute atomic E-state index is 9.19. The van der Waals surface area contributed by atoms with Gasteiger partial charge in [0.15, 0.2) is 0 Å². The van der Waals surface area contributed by atoms with Gasteiger partial charge in [-0.1, -0.05) is 36.4 Å². The lowest BCUT2D eigenvalue weighted by Gasteiger charge is -2.03. The van der Waals surface area contributed by atoms with Crippen LogP contribution in [0, 0.1) is 0 Å². The average Bonchev–Trinajstić information content (AvgIpc) is 2.06. The zero-order chi connectivity index (χ0) is 8.10. The Morgan fingerprint density at radius 3 is 2.55 bits per heavy atom. The summed E-state index contributed by atoms with van der Waals surface area (Å²) in [6.45, 7) is 3.51. The van der Waals surface area contributed by atoms with Crippen LogP contribution in [0.5, 0.6) is 0 Å². The lowest BCUT2D eigenvalue weighted by Crippen LogP contribution is -2.05. The molecule has 1 rings (SSSR count). The molecule has 0 aliphatic rings. The van der Waals surface area contributed by atoms with E-state index in [-0.39, 0.29) is 0 Å². The number of rotatable bonds is 3. The molecule has 0 aromatic heterocycles. The molecule has 1 heteroatoms. The van der Waals surface area contributed by atoms with Crippen molar-refractivity contribution in [1.82, 2.24) is 0 Å². The second-order valence-corrected chi connectivity index (χ2v) is 2.49. The minimum absolute atomic E-state index is 0.419. The van der Waals surface area contributed by atoms with Crippen LogP contribution in [0.1, 0.15) is 5.56 Å². The summed E-state index contributed by atoms with van der Waals surface area (Å²) in [5.74, 6) is 0. The van der Waals surface area contributed by atoms with E-state index < -0.39 is 6.10 Å². The molecule has 0 radical (unpaired) electrons. The first kappa shape index (κ1) is 8.02. The summed E-state index contributed by atoms with van der Waals surface area (Å²) in [6.07, 6.45) is 1.79. The van der Waals surface area contributed by atoms with Gasteiger partial charge in [0.1, 0.15) is 0 Å². The molecule has 1 aromatic carbocycles. The topological polar surface area (TPSA) is 20.2 Å². The van der Waals surface area contributed by atoms with Crippen LogP contribution in [0.25, 0.3) is 0 Å². The molecule has 0 heterocycles. The zero-order valence-electron chi connectivity index (χ0n) is 6.40. The summed E-state index contributed by atoms with van der Waals surface area (Å²) in [5.41, 5.74) is 1.14. The van der Waals surface area contributed by atoms with E-state index in [2.05, 4.69) is 6.58 Å². The molecule has 0 spiro atoms. The molecule has 0 bridgehead atoms. The zero-order valence-corrected chi connectivity index (χ0v) is 6.40. The lowest BCUT2D eigenvalue weighted by molar-refractivity contribution is 0.224. The van der Waals surface area contributed by atoms with Crippen molar-refractivity contribution in [1.29, 1.82) is 0 Å². The molecule has 58 valence electrons. The van der Waals surface area contributed by atoms with E-state index in [0.29, 0.717) is 6.42 Å². The van der Waals surface area contributed by atoms with E-state index in [1.807, 2.05) is 30.3 Å². The summed E-state index contributed by atoms with van der Waals surface area (Å²) in [6, 6.07) is 9.87. The highest BCUT2D eigenvalue weighted by Crippen LogP contribution is 2.02. The molecule has 0 aliphatic carbocycles. The van der Waals surface area contributed by atoms with Gasteiger partial charge in [0, 0.05) is 6.42 Å². The van der Waals surface area contributed by atoms with Crippen molar-refractivity contribution in [2.24, 2.45) is 0 Å². The fraction of sp³-hybridized carbons (Fsp3) is 0.200. The summed E-state index contributed by atoms with van der Waals surface area (Å²) >= 11 is 0. The number of hydrogen-bond acceptors (Lipinski definition) is 1. The maximum Gasteiger partial charge on any atom is 0.0758 e. The van der Waals surface area contributed by atoms with E-state index >= 15 is 0 Å². The van der Waals surface area contributed by atoms with Gasteiger partial charge in [0.05, 0.1) is 6.10 Å². The van der Waals surface area contributed by atoms with Crippen LogP contribution in [-0.2, 0) is 6.42 Å². The largest absolute Gasteiger partial charge is 0.389 e. The fourth-order valence-electron chi connectivity index (χ4n) is 0.939. The summed E-state index contributed by atoms with van der Waals surface area (Å²) in [5, 5.41) is 9.19. The van der Waals surface area contributed by atoms with Crippen LogP contribution >= 0.6 is 0 Å². The van der Waals surface area contributed by atoms with Crippen LogP contribution in [0.2, 0.25) is 0 Å². The Bertz CT molecular complexity index is 216. The summed E-state index contributed by atoms with van der Waals surface area (Å²) in [7, 11) is 0. The van der Waals surface area contributed by atoms with Gasteiger partial charge in [-0.3, -0.25) is 0 Å². The van der Waals surface area contributed by atoms with Crippen molar-refractivity contribution in [3.63, 3.8) is 0 Å². The smallest absolute Gasteiger partial charge is 0.0758 e. The van der Waals surface area contributed by atoms with Crippen molar-refractivity contribution in [3.8, 4) is 0 Å². The predicted molar refractivity (Wildman–Crippen MR) is 46.3 cm³/mol. The third-order valence-corrected chi connectivity index (χ3v) is 1.56. The predicted octanol–water partition coefficient (Wildman–Crippen LogP) is 1.78. The van der Waals surface area contributed by atoms with E-state index in [1.54, 1.807) is 6.08 Å². The van der Waals surface area contributed by atoms with Crippen molar-refractivity contribution in [2.45, 2.75) is 12.5 Å². The van der Waals surface area contributed by atoms with Crippen molar-refractivity contribution < 1.29 is 5.11 Å². The highest BCUT2D eigenvalue weighted by molar-refractivity contribution is 5.16. The van der Waals surface area contributed by atoms with Crippen molar-refractivity contribution >= 4 is 0 Å². The molecular weight excluding hydrogens is 136 g/mol. The summed E-state index contributed by atoms with van der Waals surface area (Å²) in [4.78, 5) is 0. The Kier molecular flexibility index (Phi) is 2.87. The van der Waals surface area contributed by atoms with E-state index in [4.69, 9.17) is 0 Å². The molecule has 1 N–H and O–H groups in total. The van der Waals surface area contributed by atoms with Crippen molar-refractivity contribution in [3.05, 3.63) is 48.6 Å². The first-order chi connectivity index (χ1) is 5.33. The van der Waals surface area contributed by atoms with Crippen LogP contribution in [0.3, 0.4) is 0 Å². The second-order valence-electron chi connectivity index (χ2n) is 2.49. The van der Waals surface area contributed by atoms with Gasteiger partial charge in [0.25, 0.3) is 0 Å². The van der Waals surface area contributed by atoms with Crippen molar-refractivity contribution in [2.75, 3.05) is 0 Å². The average molecular weight is 148 g/mol. The maximum atomic E-state index is 9.19. The van der Waals surface area contributed by atoms with Gasteiger partial charge in [-0.05, 0) is 5.56 Å². The highest BCUT2D eigenvalue weighted by Gasteiger charge is 1.97. The van der Waals surface area contributed by atoms with Crippen LogP contribution in [0.4, 0.5) is 0 Å². The number of aliphatic hydroxyl groups is 1. The van der Waals surface area contributed by atoms with Crippen LogP contribution in [0.15, 0.2) is 43.0 Å². The third kappa shape index (κ3) is 2.56. The fourth-order valence-corrected chi connectivity index (χ4v) is 0.939. The summed E-state index contributed by atoms with van der Waals surface area (Å²) < 4.78 is 0. The highest BCUT2D eigenvalue weighted by atomic mass is 16.3. The molecule has 0 saturated heterocycles. The number of benzene rings is 1. The monoisotopic (exact) mass is 148 g/mol. The van der Waals surface area contributed by atoms with Gasteiger partial charge in [-0.2, -0.15) is 0 Å². The van der Waals surface area contributed by atoms with E-state index in [9.17, 15) is 5.11 Å². The number of hydrogen-bond donors (Lipinski definition) is 1. The minimum Gasteiger partial charge on any atom is -0.389 e. The van der Waals surface area contributed by atoms with E-state index in [1.165, 1.54) is 0 Å². The van der Waals surface area contributed by atoms with Gasteiger partial charge < -0.3 is 5.11 Å². The van der Waals surface area contributed by atoms with Gasteiger partial charge in [-0.25, -0.2) is 0 Å². The molecule has 11 heavy (non-hydrogen) atoms. The molecule has 0 fully saturated rings. The van der Waals surface area contributed by atoms with Crippen LogP contribution < -0.4 is 0 Å². The molecular formula is C10H12O. The molecule has 0 aliphatic heterocycles. The molecule has 0 amide bonds.